The maximum Gasteiger partial charge on any atom is 0.342 e. The van der Waals surface area contributed by atoms with E-state index in [9.17, 15) is 9.18 Å². The first-order valence-corrected chi connectivity index (χ1v) is 6.18. The van der Waals surface area contributed by atoms with E-state index in [-0.39, 0.29) is 11.4 Å². The Balaban J connectivity index is 2.63. The molecular weight excluding hydrogens is 257 g/mol. The summed E-state index contributed by atoms with van der Waals surface area (Å²) >= 11 is 1.17. The van der Waals surface area contributed by atoms with Crippen LogP contribution in [0.4, 0.5) is 10.2 Å². The number of nitrogen functional groups attached to an aromatic ring is 1. The second kappa shape index (κ2) is 4.69. The fraction of sp³-hybridized carbons (Fsp3) is 0.0909. The van der Waals surface area contributed by atoms with E-state index in [0.717, 1.165) is 0 Å². The van der Waals surface area contributed by atoms with Gasteiger partial charge in [0.05, 0.1) is 5.69 Å². The third-order valence-corrected chi connectivity index (χ3v) is 3.02. The molecule has 0 saturated carbocycles. The highest BCUT2D eigenvalue weighted by molar-refractivity contribution is 7.98. The van der Waals surface area contributed by atoms with E-state index >= 15 is 0 Å². The molecule has 0 bridgehead atoms. The summed E-state index contributed by atoms with van der Waals surface area (Å²) in [5.74, 6) is -1.61. The highest BCUT2D eigenvalue weighted by Crippen LogP contribution is 2.27. The number of carboxylic acid groups (broad SMARTS) is 1. The van der Waals surface area contributed by atoms with Gasteiger partial charge in [0, 0.05) is 0 Å². The second-order valence-corrected chi connectivity index (χ2v) is 4.26. The van der Waals surface area contributed by atoms with Crippen LogP contribution >= 0.6 is 11.8 Å². The zero-order valence-corrected chi connectivity index (χ0v) is 10.2. The van der Waals surface area contributed by atoms with Crippen LogP contribution in [0, 0.1) is 5.82 Å². The van der Waals surface area contributed by atoms with Gasteiger partial charge in [-0.15, -0.1) is 11.8 Å². The molecule has 2 aromatic rings. The Morgan fingerprint density at radius 3 is 2.78 bits per heavy atom. The molecular formula is C11H10FN3O2S. The Bertz CT molecular complexity index is 612. The molecule has 2 rings (SSSR count). The van der Waals surface area contributed by atoms with Crippen LogP contribution in [0.15, 0.2) is 29.3 Å². The van der Waals surface area contributed by atoms with Crippen molar-refractivity contribution in [2.24, 2.45) is 0 Å². The van der Waals surface area contributed by atoms with Crippen LogP contribution in [-0.2, 0) is 0 Å². The molecule has 0 spiro atoms. The van der Waals surface area contributed by atoms with Crippen LogP contribution in [0.5, 0.6) is 0 Å². The molecule has 1 aromatic carbocycles. The maximum absolute atomic E-state index is 13.1. The number of hydrogen-bond donors (Lipinski definition) is 2. The molecule has 18 heavy (non-hydrogen) atoms. The van der Waals surface area contributed by atoms with Crippen LogP contribution in [0.2, 0.25) is 0 Å². The number of aromatic nitrogens is 2. The number of aromatic carboxylic acids is 1. The summed E-state index contributed by atoms with van der Waals surface area (Å²) < 4.78 is 14.3. The molecule has 1 heterocycles. The fourth-order valence-electron chi connectivity index (χ4n) is 1.56. The molecule has 94 valence electrons. The van der Waals surface area contributed by atoms with Gasteiger partial charge in [0.1, 0.15) is 22.2 Å². The molecule has 0 saturated heterocycles. The number of anilines is 1. The molecule has 0 radical (unpaired) electrons. The summed E-state index contributed by atoms with van der Waals surface area (Å²) in [6.07, 6.45) is 1.70. The molecule has 5 nitrogen and oxygen atoms in total. The average Bonchev–Trinajstić information content (AvgIpc) is 2.66. The van der Waals surface area contributed by atoms with E-state index in [4.69, 9.17) is 10.8 Å². The molecule has 7 heteroatoms. The largest absolute Gasteiger partial charge is 0.477 e. The SMILES string of the molecule is CSc1nn(-c2cccc(F)c2)c(N)c1C(=O)O. The summed E-state index contributed by atoms with van der Waals surface area (Å²) in [5, 5.41) is 13.4. The molecule has 0 aliphatic rings. The van der Waals surface area contributed by atoms with Gasteiger partial charge in [0.15, 0.2) is 0 Å². The average molecular weight is 267 g/mol. The van der Waals surface area contributed by atoms with Gasteiger partial charge in [-0.3, -0.25) is 0 Å². The Morgan fingerprint density at radius 2 is 2.28 bits per heavy atom. The highest BCUT2D eigenvalue weighted by Gasteiger charge is 2.21. The van der Waals surface area contributed by atoms with Crippen molar-refractivity contribution in [2.45, 2.75) is 5.03 Å². The van der Waals surface area contributed by atoms with Crippen molar-refractivity contribution < 1.29 is 14.3 Å². The fourth-order valence-corrected chi connectivity index (χ4v) is 2.12. The lowest BCUT2D eigenvalue weighted by molar-refractivity contribution is 0.0694. The summed E-state index contributed by atoms with van der Waals surface area (Å²) in [6, 6.07) is 5.63. The van der Waals surface area contributed by atoms with Gasteiger partial charge in [0.2, 0.25) is 0 Å². The summed E-state index contributed by atoms with van der Waals surface area (Å²) in [4.78, 5) is 11.1. The molecule has 0 aliphatic heterocycles. The van der Waals surface area contributed by atoms with E-state index in [0.29, 0.717) is 10.7 Å². The van der Waals surface area contributed by atoms with Crippen LogP contribution in [0.3, 0.4) is 0 Å². The predicted octanol–water partition coefficient (Wildman–Crippen LogP) is 2.01. The van der Waals surface area contributed by atoms with Gasteiger partial charge in [-0.05, 0) is 24.5 Å². The second-order valence-electron chi connectivity index (χ2n) is 3.47. The quantitative estimate of drug-likeness (QED) is 0.831. The number of carboxylic acids is 1. The van der Waals surface area contributed by atoms with Crippen molar-refractivity contribution in [2.75, 3.05) is 12.0 Å². The molecule has 0 amide bonds. The lowest BCUT2D eigenvalue weighted by Gasteiger charge is -2.03. The minimum absolute atomic E-state index is 0.0162. The van der Waals surface area contributed by atoms with Crippen molar-refractivity contribution in [1.82, 2.24) is 9.78 Å². The minimum atomic E-state index is -1.15. The van der Waals surface area contributed by atoms with Crippen LogP contribution in [0.1, 0.15) is 10.4 Å². The number of thioether (sulfide) groups is 1. The number of rotatable bonds is 3. The van der Waals surface area contributed by atoms with E-state index in [1.165, 1.54) is 34.6 Å². The topological polar surface area (TPSA) is 81.1 Å². The van der Waals surface area contributed by atoms with Crippen LogP contribution < -0.4 is 5.73 Å². The first-order valence-electron chi connectivity index (χ1n) is 4.96. The summed E-state index contributed by atoms with van der Waals surface area (Å²) in [5.41, 5.74) is 6.07. The van der Waals surface area contributed by atoms with Gasteiger partial charge in [0.25, 0.3) is 0 Å². The van der Waals surface area contributed by atoms with Gasteiger partial charge in [-0.1, -0.05) is 6.07 Å². The molecule has 3 N–H and O–H groups in total. The summed E-state index contributed by atoms with van der Waals surface area (Å²) in [6.45, 7) is 0. The van der Waals surface area contributed by atoms with E-state index in [1.54, 1.807) is 12.3 Å². The van der Waals surface area contributed by atoms with Crippen LogP contribution in [-0.4, -0.2) is 27.1 Å². The number of nitrogens with two attached hydrogens (primary N) is 1. The monoisotopic (exact) mass is 267 g/mol. The predicted molar refractivity (Wildman–Crippen MR) is 66.7 cm³/mol. The lowest BCUT2D eigenvalue weighted by Crippen LogP contribution is -2.05. The molecule has 0 aliphatic carbocycles. The molecule has 1 aromatic heterocycles. The normalized spacial score (nSPS) is 10.6. The van der Waals surface area contributed by atoms with Gasteiger partial charge >= 0.3 is 5.97 Å². The zero-order valence-electron chi connectivity index (χ0n) is 9.42. The Morgan fingerprint density at radius 1 is 1.56 bits per heavy atom. The minimum Gasteiger partial charge on any atom is -0.477 e. The van der Waals surface area contributed by atoms with Gasteiger partial charge < -0.3 is 10.8 Å². The van der Waals surface area contributed by atoms with Gasteiger partial charge in [-0.25, -0.2) is 13.9 Å². The Kier molecular flexibility index (Phi) is 3.24. The van der Waals surface area contributed by atoms with Crippen molar-refractivity contribution >= 4 is 23.5 Å². The number of carbonyl (C=O) groups is 1. The number of nitrogens with zero attached hydrogens (tertiary/aromatic N) is 2. The molecule has 0 unspecified atom stereocenters. The zero-order chi connectivity index (χ0) is 13.3. The molecule has 0 fully saturated rings. The third-order valence-electron chi connectivity index (χ3n) is 2.35. The van der Waals surface area contributed by atoms with Crippen molar-refractivity contribution in [3.8, 4) is 5.69 Å². The number of benzene rings is 1. The molecule has 0 atom stereocenters. The van der Waals surface area contributed by atoms with Crippen molar-refractivity contribution in [3.63, 3.8) is 0 Å². The number of hydrogen-bond acceptors (Lipinski definition) is 4. The smallest absolute Gasteiger partial charge is 0.342 e. The van der Waals surface area contributed by atoms with Crippen molar-refractivity contribution in [1.29, 1.82) is 0 Å². The first kappa shape index (κ1) is 12.4. The first-order chi connectivity index (χ1) is 8.54. The standard InChI is InChI=1S/C11H10FN3O2S/c1-18-10-8(11(16)17)9(13)15(14-10)7-4-2-3-6(12)5-7/h2-5H,13H2,1H3,(H,16,17). The Labute approximate surface area is 106 Å². The van der Waals surface area contributed by atoms with Crippen molar-refractivity contribution in [3.05, 3.63) is 35.6 Å². The number of halogens is 1. The highest BCUT2D eigenvalue weighted by atomic mass is 32.2. The lowest BCUT2D eigenvalue weighted by atomic mass is 10.3. The van der Waals surface area contributed by atoms with Gasteiger partial charge in [-0.2, -0.15) is 5.10 Å². The maximum atomic E-state index is 13.1. The summed E-state index contributed by atoms with van der Waals surface area (Å²) in [7, 11) is 0. The van der Waals surface area contributed by atoms with Crippen LogP contribution in [0.25, 0.3) is 5.69 Å². The third kappa shape index (κ3) is 2.04. The van der Waals surface area contributed by atoms with E-state index in [2.05, 4.69) is 5.10 Å². The Hall–Kier alpha value is -2.02. The van der Waals surface area contributed by atoms with E-state index in [1.807, 2.05) is 0 Å². The van der Waals surface area contributed by atoms with E-state index < -0.39 is 11.8 Å².